The zero-order valence-corrected chi connectivity index (χ0v) is 11.9. The number of nitrogens with zero attached hydrogens (tertiary/aromatic N) is 4. The Morgan fingerprint density at radius 3 is 2.86 bits per heavy atom. The van der Waals surface area contributed by atoms with Crippen LogP contribution in [-0.4, -0.2) is 28.0 Å². The predicted molar refractivity (Wildman–Crippen MR) is 81.6 cm³/mol. The largest absolute Gasteiger partial charge is 0.372 e. The number of anilines is 3. The van der Waals surface area contributed by atoms with E-state index in [1.807, 2.05) is 34.7 Å². The Morgan fingerprint density at radius 2 is 2.14 bits per heavy atom. The van der Waals surface area contributed by atoms with Crippen molar-refractivity contribution in [1.29, 1.82) is 0 Å². The predicted octanol–water partition coefficient (Wildman–Crippen LogP) is 3.07. The maximum absolute atomic E-state index is 14.1. The fraction of sp³-hybridized carbons (Fsp3) is 0.200. The van der Waals surface area contributed by atoms with E-state index >= 15 is 0 Å². The molecule has 0 fully saturated rings. The van der Waals surface area contributed by atoms with Gasteiger partial charge in [-0.2, -0.15) is 0 Å². The van der Waals surface area contributed by atoms with Crippen LogP contribution in [0.4, 0.5) is 21.7 Å². The zero-order valence-electron chi connectivity index (χ0n) is 11.9. The highest BCUT2D eigenvalue weighted by molar-refractivity contribution is 5.74. The maximum atomic E-state index is 14.1. The van der Waals surface area contributed by atoms with E-state index in [-0.39, 0.29) is 5.82 Å². The number of hydrogen-bond donors (Lipinski definition) is 1. The summed E-state index contributed by atoms with van der Waals surface area (Å²) in [6.45, 7) is 2.54. The molecule has 0 aliphatic heterocycles. The molecule has 6 heteroatoms. The van der Waals surface area contributed by atoms with Gasteiger partial charge >= 0.3 is 0 Å². The van der Waals surface area contributed by atoms with E-state index in [4.69, 9.17) is 0 Å². The highest BCUT2D eigenvalue weighted by Crippen LogP contribution is 2.29. The lowest BCUT2D eigenvalue weighted by Gasteiger charge is -2.23. The number of hydrogen-bond acceptors (Lipinski definition) is 4. The number of nitrogens with one attached hydrogen (secondary N) is 1. The normalized spacial score (nSPS) is 10.8. The number of aromatic nitrogens is 3. The number of halogens is 1. The van der Waals surface area contributed by atoms with Gasteiger partial charge in [0.25, 0.3) is 0 Å². The average molecular weight is 285 g/mol. The fourth-order valence-corrected chi connectivity index (χ4v) is 2.32. The monoisotopic (exact) mass is 285 g/mol. The second kappa shape index (κ2) is 5.40. The lowest BCUT2D eigenvalue weighted by atomic mass is 10.2. The first-order chi connectivity index (χ1) is 10.2. The third-order valence-corrected chi connectivity index (χ3v) is 3.33. The van der Waals surface area contributed by atoms with E-state index in [0.29, 0.717) is 29.5 Å². The summed E-state index contributed by atoms with van der Waals surface area (Å²) in [5, 5.41) is 3.01. The van der Waals surface area contributed by atoms with Crippen molar-refractivity contribution in [3.8, 4) is 0 Å². The van der Waals surface area contributed by atoms with Crippen LogP contribution in [0.25, 0.3) is 5.65 Å². The van der Waals surface area contributed by atoms with Gasteiger partial charge in [0, 0.05) is 26.0 Å². The van der Waals surface area contributed by atoms with Gasteiger partial charge in [-0.3, -0.25) is 0 Å². The molecule has 0 bridgehead atoms. The van der Waals surface area contributed by atoms with E-state index in [2.05, 4.69) is 15.3 Å². The first-order valence-electron chi connectivity index (χ1n) is 6.78. The van der Waals surface area contributed by atoms with E-state index in [1.165, 1.54) is 6.07 Å². The van der Waals surface area contributed by atoms with Crippen molar-refractivity contribution in [2.45, 2.75) is 6.92 Å². The molecular formula is C15H16FN5. The molecule has 0 radical (unpaired) electrons. The topological polar surface area (TPSA) is 45.5 Å². The Morgan fingerprint density at radius 1 is 1.33 bits per heavy atom. The summed E-state index contributed by atoms with van der Waals surface area (Å²) < 4.78 is 16.0. The molecule has 3 rings (SSSR count). The highest BCUT2D eigenvalue weighted by Gasteiger charge is 2.17. The molecule has 2 aromatic heterocycles. The molecule has 0 saturated carbocycles. The van der Waals surface area contributed by atoms with Gasteiger partial charge in [-0.1, -0.05) is 12.1 Å². The van der Waals surface area contributed by atoms with Crippen LogP contribution in [0.15, 0.2) is 42.9 Å². The summed E-state index contributed by atoms with van der Waals surface area (Å²) in [5.41, 5.74) is 1.18. The van der Waals surface area contributed by atoms with E-state index in [0.717, 1.165) is 0 Å². The summed E-state index contributed by atoms with van der Waals surface area (Å²) in [5.74, 6) is 1.05. The molecule has 3 aromatic rings. The number of fused-ring (bicyclic) bond motifs is 1. The lowest BCUT2D eigenvalue weighted by molar-refractivity contribution is 0.625. The first-order valence-corrected chi connectivity index (χ1v) is 6.78. The van der Waals surface area contributed by atoms with Crippen molar-refractivity contribution in [1.82, 2.24) is 14.4 Å². The van der Waals surface area contributed by atoms with Gasteiger partial charge < -0.3 is 14.6 Å². The molecule has 0 atom stereocenters. The Hall–Kier alpha value is -2.63. The van der Waals surface area contributed by atoms with Crippen molar-refractivity contribution in [3.05, 3.63) is 48.7 Å². The molecule has 0 spiro atoms. The zero-order chi connectivity index (χ0) is 14.8. The summed E-state index contributed by atoms with van der Waals surface area (Å²) >= 11 is 0. The van der Waals surface area contributed by atoms with Gasteiger partial charge in [0.05, 0.1) is 11.9 Å². The summed E-state index contributed by atoms with van der Waals surface area (Å²) in [4.78, 5) is 10.7. The van der Waals surface area contributed by atoms with Crippen molar-refractivity contribution in [2.24, 2.45) is 0 Å². The SMILES string of the molecule is CCN(c1ccccc1F)c1nc(NC)cn2ccnc12. The first kappa shape index (κ1) is 13.4. The molecule has 1 aromatic carbocycles. The minimum absolute atomic E-state index is 0.277. The second-order valence-electron chi connectivity index (χ2n) is 4.55. The third kappa shape index (κ3) is 2.29. The van der Waals surface area contributed by atoms with E-state index in [9.17, 15) is 4.39 Å². The van der Waals surface area contributed by atoms with Gasteiger partial charge in [0.1, 0.15) is 11.6 Å². The Kier molecular flexibility index (Phi) is 3.43. The molecule has 2 heterocycles. The van der Waals surface area contributed by atoms with Crippen LogP contribution in [0, 0.1) is 5.82 Å². The smallest absolute Gasteiger partial charge is 0.180 e. The van der Waals surface area contributed by atoms with Crippen LogP contribution in [0.5, 0.6) is 0 Å². The van der Waals surface area contributed by atoms with Crippen LogP contribution >= 0.6 is 0 Å². The average Bonchev–Trinajstić information content (AvgIpc) is 2.98. The molecule has 5 nitrogen and oxygen atoms in total. The molecule has 0 amide bonds. The quantitative estimate of drug-likeness (QED) is 0.800. The molecule has 21 heavy (non-hydrogen) atoms. The van der Waals surface area contributed by atoms with Gasteiger partial charge in [0.15, 0.2) is 11.5 Å². The molecule has 0 saturated heterocycles. The number of para-hydroxylation sites is 1. The van der Waals surface area contributed by atoms with E-state index in [1.54, 1.807) is 25.4 Å². The molecule has 0 unspecified atom stereocenters. The summed E-state index contributed by atoms with van der Waals surface area (Å²) in [6.07, 6.45) is 5.40. The van der Waals surface area contributed by atoms with E-state index < -0.39 is 0 Å². The third-order valence-electron chi connectivity index (χ3n) is 3.33. The van der Waals surface area contributed by atoms with Crippen molar-refractivity contribution >= 4 is 23.0 Å². The standard InChI is InChI=1S/C15H16FN5/c1-3-21(12-7-5-4-6-11(12)16)15-14-18-8-9-20(14)10-13(17-2)19-15/h4-10,17H,3H2,1-2H3. The molecule has 0 aliphatic carbocycles. The lowest BCUT2D eigenvalue weighted by Crippen LogP contribution is -2.20. The highest BCUT2D eigenvalue weighted by atomic mass is 19.1. The minimum atomic E-state index is -0.277. The number of imidazole rings is 1. The summed E-state index contributed by atoms with van der Waals surface area (Å²) in [6, 6.07) is 6.68. The molecule has 108 valence electrons. The number of benzene rings is 1. The van der Waals surface area contributed by atoms with Crippen LogP contribution in [-0.2, 0) is 0 Å². The van der Waals surface area contributed by atoms with Crippen LogP contribution in [0.1, 0.15) is 6.92 Å². The van der Waals surface area contributed by atoms with Gasteiger partial charge in [-0.25, -0.2) is 14.4 Å². The second-order valence-corrected chi connectivity index (χ2v) is 4.55. The van der Waals surface area contributed by atoms with Gasteiger partial charge in [-0.15, -0.1) is 0 Å². The maximum Gasteiger partial charge on any atom is 0.180 e. The molecule has 1 N–H and O–H groups in total. The Bertz CT molecular complexity index is 768. The number of rotatable bonds is 4. The van der Waals surface area contributed by atoms with Gasteiger partial charge in [0.2, 0.25) is 0 Å². The minimum Gasteiger partial charge on any atom is -0.372 e. The summed E-state index contributed by atoms with van der Waals surface area (Å²) in [7, 11) is 1.80. The molecule has 0 aliphatic rings. The van der Waals surface area contributed by atoms with Crippen LogP contribution in [0.2, 0.25) is 0 Å². The van der Waals surface area contributed by atoms with Crippen molar-refractivity contribution in [2.75, 3.05) is 23.8 Å². The van der Waals surface area contributed by atoms with Crippen LogP contribution in [0.3, 0.4) is 0 Å². The Balaban J connectivity index is 2.21. The van der Waals surface area contributed by atoms with Crippen molar-refractivity contribution in [3.63, 3.8) is 0 Å². The van der Waals surface area contributed by atoms with Gasteiger partial charge in [-0.05, 0) is 19.1 Å². The Labute approximate surface area is 122 Å². The molecular weight excluding hydrogens is 269 g/mol. The van der Waals surface area contributed by atoms with Crippen LogP contribution < -0.4 is 10.2 Å². The van der Waals surface area contributed by atoms with Crippen molar-refractivity contribution < 1.29 is 4.39 Å². The fourth-order valence-electron chi connectivity index (χ4n) is 2.32.